The highest BCUT2D eigenvalue weighted by Gasteiger charge is 2.48. The van der Waals surface area contributed by atoms with E-state index in [9.17, 15) is 23.6 Å². The van der Waals surface area contributed by atoms with Gasteiger partial charge in [-0.15, -0.1) is 4.90 Å². The average Bonchev–Trinajstić information content (AvgIpc) is 3.44. The standard InChI is InChI=1S/C30H26F2N6O5/c1-17(2)36-16-22(29(41)38(30(36)42)21-8-5-19(31)6-9-21)27(39)34-20-7-10-25(23(32)14-20)43-26-13-18(28(40)35(3)4)15-37-24(26)11-12-33-37/h5-17,22H,1-4H3/p+1. The number of halogens is 2. The second-order valence-electron chi connectivity index (χ2n) is 10.3. The van der Waals surface area contributed by atoms with E-state index in [0.29, 0.717) is 5.52 Å². The molecule has 2 aromatic heterocycles. The Morgan fingerprint density at radius 2 is 1.74 bits per heavy atom. The lowest BCUT2D eigenvalue weighted by Gasteiger charge is -2.24. The van der Waals surface area contributed by atoms with Gasteiger partial charge in [0.2, 0.25) is 5.91 Å². The first-order valence-electron chi connectivity index (χ1n) is 13.2. The Hall–Kier alpha value is -5.46. The Bertz CT molecular complexity index is 1800. The minimum absolute atomic E-state index is 0.0309. The molecule has 0 spiro atoms. The van der Waals surface area contributed by atoms with Crippen LogP contribution in [0.4, 0.5) is 25.0 Å². The lowest BCUT2D eigenvalue weighted by Crippen LogP contribution is -2.55. The Balaban J connectivity index is 1.39. The Kier molecular flexibility index (Phi) is 7.72. The van der Waals surface area contributed by atoms with Crippen molar-refractivity contribution in [1.29, 1.82) is 0 Å². The minimum atomic E-state index is -1.43. The lowest BCUT2D eigenvalue weighted by atomic mass is 10.0. The Morgan fingerprint density at radius 3 is 2.40 bits per heavy atom. The van der Waals surface area contributed by atoms with Gasteiger partial charge in [-0.1, -0.05) is 0 Å². The second-order valence-corrected chi connectivity index (χ2v) is 10.3. The summed E-state index contributed by atoms with van der Waals surface area (Å²) >= 11 is 0. The van der Waals surface area contributed by atoms with Gasteiger partial charge in [0.15, 0.2) is 23.2 Å². The highest BCUT2D eigenvalue weighted by atomic mass is 19.1. The van der Waals surface area contributed by atoms with Crippen molar-refractivity contribution in [3.05, 3.63) is 84.2 Å². The van der Waals surface area contributed by atoms with Crippen molar-refractivity contribution in [1.82, 2.24) is 14.5 Å². The van der Waals surface area contributed by atoms with E-state index in [1.165, 1.54) is 62.9 Å². The normalized spacial score (nSPS) is 15.1. The number of nitrogens with one attached hydrogen (secondary N) is 1. The summed E-state index contributed by atoms with van der Waals surface area (Å²) in [4.78, 5) is 54.4. The molecule has 0 aliphatic carbocycles. The average molecular weight is 590 g/mol. The van der Waals surface area contributed by atoms with Gasteiger partial charge in [-0.25, -0.2) is 18.1 Å². The summed E-state index contributed by atoms with van der Waals surface area (Å²) < 4.78 is 37.2. The smallest absolute Gasteiger partial charge is 0.452 e. The van der Waals surface area contributed by atoms with Crippen LogP contribution in [0.5, 0.6) is 11.5 Å². The number of imide groups is 1. The molecule has 5 amide bonds. The number of urea groups is 1. The molecule has 3 heterocycles. The summed E-state index contributed by atoms with van der Waals surface area (Å²) in [6.07, 6.45) is 4.27. The van der Waals surface area contributed by atoms with E-state index in [4.69, 9.17) is 4.74 Å². The Morgan fingerprint density at radius 1 is 1.02 bits per heavy atom. The first-order valence-corrected chi connectivity index (χ1v) is 13.2. The van der Waals surface area contributed by atoms with Crippen molar-refractivity contribution in [3.8, 4) is 11.5 Å². The van der Waals surface area contributed by atoms with Crippen molar-refractivity contribution < 1.29 is 37.3 Å². The predicted octanol–water partition coefficient (Wildman–Crippen LogP) is 4.32. The van der Waals surface area contributed by atoms with Crippen molar-refractivity contribution in [2.24, 2.45) is 5.92 Å². The molecule has 0 saturated heterocycles. The van der Waals surface area contributed by atoms with Crippen molar-refractivity contribution in [3.63, 3.8) is 0 Å². The lowest BCUT2D eigenvalue weighted by molar-refractivity contribution is -0.459. The van der Waals surface area contributed by atoms with E-state index in [1.807, 2.05) is 0 Å². The van der Waals surface area contributed by atoms with Gasteiger partial charge in [-0.2, -0.15) is 14.5 Å². The molecule has 1 aliphatic rings. The topological polar surface area (TPSA) is 116 Å². The molecule has 1 aliphatic heterocycles. The van der Waals surface area contributed by atoms with Gasteiger partial charge in [0.25, 0.3) is 5.91 Å². The number of anilines is 2. The molecule has 4 aromatic rings. The van der Waals surface area contributed by atoms with Crippen LogP contribution in [0.3, 0.4) is 0 Å². The van der Waals surface area contributed by atoms with Gasteiger partial charge in [0.05, 0.1) is 24.0 Å². The molecule has 1 N–H and O–H groups in total. The first-order chi connectivity index (χ1) is 20.4. The Labute approximate surface area is 244 Å². The number of amides is 5. The maximum absolute atomic E-state index is 15.2. The fraction of sp³-hybridized carbons (Fsp3) is 0.200. The van der Waals surface area contributed by atoms with Crippen LogP contribution >= 0.6 is 0 Å². The molecule has 2 aromatic carbocycles. The zero-order chi connectivity index (χ0) is 31.0. The van der Waals surface area contributed by atoms with Gasteiger partial charge in [-0.3, -0.25) is 9.59 Å². The van der Waals surface area contributed by atoms with Crippen LogP contribution in [-0.4, -0.2) is 69.2 Å². The van der Waals surface area contributed by atoms with Crippen molar-refractivity contribution >= 4 is 46.9 Å². The SMILES string of the molecule is CC(C)[N+]1=CC(C(=O)Nc2ccc(Oc3cc(C(=O)N(C)C)cn4nccc34)c(F)c2)C(=O)N(c2ccc(F)cc2)C1=O. The van der Waals surface area contributed by atoms with Crippen LogP contribution in [0.25, 0.3) is 5.52 Å². The van der Waals surface area contributed by atoms with Crippen LogP contribution in [-0.2, 0) is 9.59 Å². The molecule has 220 valence electrons. The van der Waals surface area contributed by atoms with E-state index in [2.05, 4.69) is 10.4 Å². The number of carbonyl (C=O) groups is 4. The highest BCUT2D eigenvalue weighted by molar-refractivity contribution is 6.28. The summed E-state index contributed by atoms with van der Waals surface area (Å²) in [5, 5.41) is 6.66. The van der Waals surface area contributed by atoms with Gasteiger partial charge in [-0.05, 0) is 62.4 Å². The van der Waals surface area contributed by atoms with Crippen molar-refractivity contribution in [2.45, 2.75) is 19.9 Å². The molecule has 1 atom stereocenters. The maximum Gasteiger partial charge on any atom is 0.505 e. The third-order valence-corrected chi connectivity index (χ3v) is 6.68. The maximum atomic E-state index is 15.2. The molecule has 11 nitrogen and oxygen atoms in total. The number of aromatic nitrogens is 2. The quantitative estimate of drug-likeness (QED) is 0.254. The summed E-state index contributed by atoms with van der Waals surface area (Å²) in [6.45, 7) is 3.42. The summed E-state index contributed by atoms with van der Waals surface area (Å²) in [5.74, 6) is -4.77. The zero-order valence-corrected chi connectivity index (χ0v) is 23.6. The van der Waals surface area contributed by atoms with Crippen LogP contribution in [0.2, 0.25) is 0 Å². The summed E-state index contributed by atoms with van der Waals surface area (Å²) in [5.41, 5.74) is 0.901. The number of carbonyl (C=O) groups excluding carboxylic acids is 4. The fourth-order valence-corrected chi connectivity index (χ4v) is 4.49. The molecule has 0 saturated carbocycles. The van der Waals surface area contributed by atoms with Gasteiger partial charge < -0.3 is 15.0 Å². The van der Waals surface area contributed by atoms with Gasteiger partial charge >= 0.3 is 11.9 Å². The number of benzene rings is 2. The van der Waals surface area contributed by atoms with Crippen LogP contribution in [0, 0.1) is 17.6 Å². The number of nitrogens with zero attached hydrogens (tertiary/aromatic N) is 5. The zero-order valence-electron chi connectivity index (χ0n) is 23.6. The molecule has 0 fully saturated rings. The minimum Gasteiger partial charge on any atom is -0.452 e. The molecule has 0 bridgehead atoms. The van der Waals surface area contributed by atoms with Crippen LogP contribution in [0.15, 0.2) is 67.0 Å². The molecule has 5 rings (SSSR count). The van der Waals surface area contributed by atoms with E-state index in [-0.39, 0.29) is 34.3 Å². The highest BCUT2D eigenvalue weighted by Crippen LogP contribution is 2.31. The van der Waals surface area contributed by atoms with E-state index < -0.39 is 41.4 Å². The van der Waals surface area contributed by atoms with E-state index in [0.717, 1.165) is 23.1 Å². The van der Waals surface area contributed by atoms with Crippen molar-refractivity contribution in [2.75, 3.05) is 24.3 Å². The molecular formula is C30H27F2N6O5+. The van der Waals surface area contributed by atoms with Gasteiger partial charge in [0.1, 0.15) is 17.0 Å². The van der Waals surface area contributed by atoms with E-state index >= 15 is 4.39 Å². The number of rotatable bonds is 7. The van der Waals surface area contributed by atoms with Crippen LogP contribution in [0.1, 0.15) is 24.2 Å². The molecule has 13 heteroatoms. The summed E-state index contributed by atoms with van der Waals surface area (Å²) in [7, 11) is 3.19. The summed E-state index contributed by atoms with van der Waals surface area (Å²) in [6, 6.07) is 10.5. The fourth-order valence-electron chi connectivity index (χ4n) is 4.49. The van der Waals surface area contributed by atoms with Gasteiger partial charge in [0, 0.05) is 32.0 Å². The molecule has 0 radical (unpaired) electrons. The number of pyridine rings is 1. The monoisotopic (exact) mass is 589 g/mol. The van der Waals surface area contributed by atoms with E-state index in [1.54, 1.807) is 34.0 Å². The number of hydrogen-bond acceptors (Lipinski definition) is 6. The predicted molar refractivity (Wildman–Crippen MR) is 153 cm³/mol. The second kappa shape index (κ2) is 11.4. The number of hydrogen-bond donors (Lipinski definition) is 1. The number of fused-ring (bicyclic) bond motifs is 1. The largest absolute Gasteiger partial charge is 0.505 e. The molecule has 1 unspecified atom stereocenters. The van der Waals surface area contributed by atoms with Crippen LogP contribution < -0.4 is 15.0 Å². The third-order valence-electron chi connectivity index (χ3n) is 6.68. The molecular weight excluding hydrogens is 562 g/mol. The third kappa shape index (κ3) is 5.69. The first kappa shape index (κ1) is 29.0. The molecule has 43 heavy (non-hydrogen) atoms. The number of ether oxygens (including phenoxy) is 1.